The van der Waals surface area contributed by atoms with E-state index in [-0.39, 0.29) is 6.61 Å². The summed E-state index contributed by atoms with van der Waals surface area (Å²) in [6.45, 7) is -0.876. The van der Waals surface area contributed by atoms with Gasteiger partial charge in [-0.15, -0.1) is 0 Å². The highest BCUT2D eigenvalue weighted by Gasteiger charge is 1.97. The van der Waals surface area contributed by atoms with Crippen molar-refractivity contribution in [2.75, 3.05) is 0 Å². The third-order valence-corrected chi connectivity index (χ3v) is 1.42. The molecule has 0 aliphatic carbocycles. The second-order valence-corrected chi connectivity index (χ2v) is 2.05. The molecule has 1 nitrogen and oxygen atoms in total. The number of hydrogen-bond acceptors (Lipinski definition) is 0. The van der Waals surface area contributed by atoms with Gasteiger partial charge in [0.25, 0.3) is 0 Å². The van der Waals surface area contributed by atoms with E-state index in [9.17, 15) is 9.50 Å². The van der Waals surface area contributed by atoms with Gasteiger partial charge < -0.3 is 0 Å². The first-order valence-electron chi connectivity index (χ1n) is 3.09. The molecule has 0 aliphatic rings. The van der Waals surface area contributed by atoms with Crippen molar-refractivity contribution in [2.24, 2.45) is 0 Å². The lowest BCUT2D eigenvalue weighted by atomic mass is 10.1. The molecule has 53 valence electrons. The number of halogens is 1. The van der Waals surface area contributed by atoms with Gasteiger partial charge in [0.2, 0.25) is 0 Å². The molecular weight excluding hydrogens is 131 g/mol. The predicted octanol–water partition coefficient (Wildman–Crippen LogP) is 2.09. The van der Waals surface area contributed by atoms with E-state index >= 15 is 0 Å². The highest BCUT2D eigenvalue weighted by atomic mass is 19.1. The van der Waals surface area contributed by atoms with Crippen LogP contribution in [0.3, 0.4) is 0 Å². The van der Waals surface area contributed by atoms with Gasteiger partial charge in [0, 0.05) is 0 Å². The lowest BCUT2D eigenvalue weighted by Gasteiger charge is -1.99. The highest BCUT2D eigenvalue weighted by Crippen LogP contribution is 2.09. The molecule has 1 aromatic carbocycles. The maximum atomic E-state index is 12.0. The first kappa shape index (κ1) is 7.22. The Kier molecular flexibility index (Phi) is 2.40. The molecule has 10 heavy (non-hydrogen) atoms. The van der Waals surface area contributed by atoms with E-state index in [0.717, 1.165) is 0 Å². The maximum Gasteiger partial charge on any atom is 0.115 e. The van der Waals surface area contributed by atoms with Crippen LogP contribution in [0.1, 0.15) is 11.1 Å². The van der Waals surface area contributed by atoms with Gasteiger partial charge in [-0.2, -0.15) is 0 Å². The summed E-state index contributed by atoms with van der Waals surface area (Å²) in [5.41, 5.74) is 1.07. The standard InChI is InChI=1S/C8H8FO/c9-5-7-3-1-2-4-8(7)6-10/h1-4H,5-6H2. The third kappa shape index (κ3) is 1.33. The molecule has 0 fully saturated rings. The lowest BCUT2D eigenvalue weighted by molar-refractivity contribution is 0.176. The fourth-order valence-corrected chi connectivity index (χ4v) is 0.829. The van der Waals surface area contributed by atoms with Crippen molar-refractivity contribution in [2.45, 2.75) is 13.3 Å². The molecule has 0 heterocycles. The van der Waals surface area contributed by atoms with E-state index in [0.29, 0.717) is 11.1 Å². The normalized spacial score (nSPS) is 9.80. The second-order valence-electron chi connectivity index (χ2n) is 2.05. The van der Waals surface area contributed by atoms with Crippen molar-refractivity contribution in [3.05, 3.63) is 35.4 Å². The summed E-state index contributed by atoms with van der Waals surface area (Å²) in [6, 6.07) is 6.76. The van der Waals surface area contributed by atoms with Crippen LogP contribution in [0.2, 0.25) is 0 Å². The van der Waals surface area contributed by atoms with Crippen LogP contribution in [0.5, 0.6) is 0 Å². The first-order valence-corrected chi connectivity index (χ1v) is 3.09. The number of rotatable bonds is 2. The zero-order chi connectivity index (χ0) is 7.40. The molecule has 0 saturated heterocycles. The lowest BCUT2D eigenvalue weighted by Crippen LogP contribution is -1.88. The topological polar surface area (TPSA) is 19.9 Å². The predicted molar refractivity (Wildman–Crippen MR) is 35.6 cm³/mol. The van der Waals surface area contributed by atoms with Crippen LogP contribution in [-0.4, -0.2) is 0 Å². The first-order chi connectivity index (χ1) is 4.88. The van der Waals surface area contributed by atoms with E-state index < -0.39 is 6.67 Å². The van der Waals surface area contributed by atoms with Crippen LogP contribution >= 0.6 is 0 Å². The molecule has 1 radical (unpaired) electrons. The molecule has 0 atom stereocenters. The van der Waals surface area contributed by atoms with Gasteiger partial charge in [-0.25, -0.2) is 9.50 Å². The van der Waals surface area contributed by atoms with Crippen LogP contribution in [0.4, 0.5) is 4.39 Å². The van der Waals surface area contributed by atoms with E-state index in [1.165, 1.54) is 0 Å². The van der Waals surface area contributed by atoms with Crippen molar-refractivity contribution in [3.63, 3.8) is 0 Å². The minimum Gasteiger partial charge on any atom is -0.246 e. The Labute approximate surface area is 59.1 Å². The molecule has 0 N–H and O–H groups in total. The van der Waals surface area contributed by atoms with Gasteiger partial charge in [0.15, 0.2) is 0 Å². The maximum absolute atomic E-state index is 12.0. The van der Waals surface area contributed by atoms with Crippen LogP contribution in [0.25, 0.3) is 0 Å². The molecule has 0 unspecified atom stereocenters. The fraction of sp³-hybridized carbons (Fsp3) is 0.250. The third-order valence-electron chi connectivity index (χ3n) is 1.42. The average Bonchev–Trinajstić information content (AvgIpc) is 2.04. The fourth-order valence-electron chi connectivity index (χ4n) is 0.829. The smallest absolute Gasteiger partial charge is 0.115 e. The van der Waals surface area contributed by atoms with Crippen molar-refractivity contribution >= 4 is 0 Å². The van der Waals surface area contributed by atoms with Gasteiger partial charge in [-0.05, 0) is 11.1 Å². The largest absolute Gasteiger partial charge is 0.246 e. The summed E-state index contributed by atoms with van der Waals surface area (Å²) >= 11 is 0. The molecule has 0 bridgehead atoms. The minimum atomic E-state index is -0.543. The summed E-state index contributed by atoms with van der Waals surface area (Å²) < 4.78 is 12.0. The molecule has 1 rings (SSSR count). The Morgan fingerprint density at radius 2 is 1.80 bits per heavy atom. The van der Waals surface area contributed by atoms with Crippen LogP contribution in [-0.2, 0) is 18.4 Å². The van der Waals surface area contributed by atoms with E-state index in [4.69, 9.17) is 0 Å². The minimum absolute atomic E-state index is 0.333. The van der Waals surface area contributed by atoms with Crippen LogP contribution in [0, 0.1) is 0 Å². The summed E-state index contributed by atoms with van der Waals surface area (Å²) in [5, 5.41) is 10.3. The SMILES string of the molecule is [O]Cc1ccccc1CF. The zero-order valence-corrected chi connectivity index (χ0v) is 5.51. The van der Waals surface area contributed by atoms with Crippen molar-refractivity contribution in [3.8, 4) is 0 Å². The summed E-state index contributed by atoms with van der Waals surface area (Å²) in [6.07, 6.45) is 0. The number of alkyl halides is 1. The molecule has 0 aromatic heterocycles. The molecule has 1 aromatic rings. The van der Waals surface area contributed by atoms with Gasteiger partial charge in [0.1, 0.15) is 13.3 Å². The Morgan fingerprint density at radius 1 is 1.20 bits per heavy atom. The Hall–Kier alpha value is -0.890. The Morgan fingerprint density at radius 3 is 2.20 bits per heavy atom. The van der Waals surface area contributed by atoms with Gasteiger partial charge in [0.05, 0.1) is 0 Å². The molecule has 0 aliphatic heterocycles. The Bertz CT molecular complexity index is 187. The second kappa shape index (κ2) is 3.32. The quantitative estimate of drug-likeness (QED) is 0.597. The average molecular weight is 139 g/mol. The van der Waals surface area contributed by atoms with Crippen LogP contribution < -0.4 is 0 Å². The van der Waals surface area contributed by atoms with E-state index in [1.807, 2.05) is 0 Å². The molecular formula is C8H8FO. The van der Waals surface area contributed by atoms with Gasteiger partial charge in [-0.3, -0.25) is 0 Å². The molecule has 0 spiro atoms. The van der Waals surface area contributed by atoms with Crippen LogP contribution in [0.15, 0.2) is 24.3 Å². The molecule has 0 saturated carbocycles. The summed E-state index contributed by atoms with van der Waals surface area (Å²) in [5.74, 6) is 0. The number of hydrogen-bond donors (Lipinski definition) is 0. The summed E-state index contributed by atoms with van der Waals surface area (Å²) in [4.78, 5) is 0. The Balaban J connectivity index is 2.96. The van der Waals surface area contributed by atoms with E-state index in [1.54, 1.807) is 24.3 Å². The van der Waals surface area contributed by atoms with Gasteiger partial charge in [-0.1, -0.05) is 24.3 Å². The highest BCUT2D eigenvalue weighted by molar-refractivity contribution is 5.25. The monoisotopic (exact) mass is 139 g/mol. The van der Waals surface area contributed by atoms with E-state index in [2.05, 4.69) is 0 Å². The summed E-state index contributed by atoms with van der Waals surface area (Å²) in [7, 11) is 0. The van der Waals surface area contributed by atoms with Crippen molar-refractivity contribution < 1.29 is 9.50 Å². The molecule has 0 amide bonds. The molecule has 2 heteroatoms. The van der Waals surface area contributed by atoms with Crippen molar-refractivity contribution in [1.82, 2.24) is 0 Å². The number of benzene rings is 1. The van der Waals surface area contributed by atoms with Crippen molar-refractivity contribution in [1.29, 1.82) is 0 Å². The van der Waals surface area contributed by atoms with Gasteiger partial charge >= 0.3 is 0 Å². The zero-order valence-electron chi connectivity index (χ0n) is 5.51.